The van der Waals surface area contributed by atoms with Gasteiger partial charge in [-0.25, -0.2) is 4.98 Å². The highest BCUT2D eigenvalue weighted by molar-refractivity contribution is 6.30. The number of amides is 1. The van der Waals surface area contributed by atoms with Crippen LogP contribution in [-0.4, -0.2) is 48.7 Å². The predicted octanol–water partition coefficient (Wildman–Crippen LogP) is 2.41. The van der Waals surface area contributed by atoms with Crippen LogP contribution in [0.3, 0.4) is 0 Å². The first-order chi connectivity index (χ1) is 11.6. The largest absolute Gasteiger partial charge is 0.497 e. The summed E-state index contributed by atoms with van der Waals surface area (Å²) in [5.74, 6) is 1.80. The van der Waals surface area contributed by atoms with Gasteiger partial charge in [0.2, 0.25) is 5.88 Å². The van der Waals surface area contributed by atoms with Crippen LogP contribution in [0.25, 0.3) is 0 Å². The van der Waals surface area contributed by atoms with Crippen LogP contribution in [0.1, 0.15) is 0 Å². The third kappa shape index (κ3) is 4.08. The van der Waals surface area contributed by atoms with Crippen LogP contribution < -0.4 is 14.2 Å². The van der Waals surface area contributed by atoms with Crippen LogP contribution in [0.15, 0.2) is 42.6 Å². The van der Waals surface area contributed by atoms with Crippen molar-refractivity contribution in [3.8, 4) is 17.4 Å². The van der Waals surface area contributed by atoms with E-state index in [1.165, 1.54) is 6.20 Å². The molecule has 1 aromatic carbocycles. The van der Waals surface area contributed by atoms with E-state index in [-0.39, 0.29) is 18.6 Å². The lowest BCUT2D eigenvalue weighted by Crippen LogP contribution is -2.57. The Bertz CT molecular complexity index is 685. The monoisotopic (exact) mass is 348 g/mol. The molecule has 126 valence electrons. The summed E-state index contributed by atoms with van der Waals surface area (Å²) >= 11 is 5.77. The van der Waals surface area contributed by atoms with Gasteiger partial charge in [0.1, 0.15) is 17.6 Å². The van der Waals surface area contributed by atoms with Crippen molar-refractivity contribution in [3.05, 3.63) is 47.6 Å². The molecule has 2 aromatic rings. The highest BCUT2D eigenvalue weighted by Crippen LogP contribution is 2.19. The fourth-order valence-electron chi connectivity index (χ4n) is 2.23. The van der Waals surface area contributed by atoms with Gasteiger partial charge in [-0.2, -0.15) is 0 Å². The molecule has 1 aliphatic heterocycles. The van der Waals surface area contributed by atoms with Gasteiger partial charge in [0, 0.05) is 12.3 Å². The number of halogens is 1. The number of aromatic nitrogens is 1. The van der Waals surface area contributed by atoms with E-state index in [0.29, 0.717) is 29.7 Å². The molecule has 0 atom stereocenters. The van der Waals surface area contributed by atoms with E-state index >= 15 is 0 Å². The first-order valence-electron chi connectivity index (χ1n) is 7.47. The summed E-state index contributed by atoms with van der Waals surface area (Å²) in [5, 5.41) is 0.559. The number of pyridine rings is 1. The van der Waals surface area contributed by atoms with Crippen molar-refractivity contribution in [3.63, 3.8) is 0 Å². The maximum absolute atomic E-state index is 12.1. The van der Waals surface area contributed by atoms with Crippen molar-refractivity contribution in [2.24, 2.45) is 0 Å². The van der Waals surface area contributed by atoms with Gasteiger partial charge in [-0.05, 0) is 30.3 Å². The van der Waals surface area contributed by atoms with Crippen molar-refractivity contribution in [2.75, 3.05) is 26.8 Å². The van der Waals surface area contributed by atoms with Crippen molar-refractivity contribution in [2.45, 2.75) is 6.10 Å². The fraction of sp³-hybridized carbons (Fsp3) is 0.294. The zero-order valence-corrected chi connectivity index (χ0v) is 13.9. The van der Waals surface area contributed by atoms with Crippen LogP contribution in [0.4, 0.5) is 0 Å². The molecule has 0 unspecified atom stereocenters. The summed E-state index contributed by atoms with van der Waals surface area (Å²) in [7, 11) is 1.60. The predicted molar refractivity (Wildman–Crippen MR) is 88.7 cm³/mol. The molecule has 0 saturated carbocycles. The minimum atomic E-state index is -0.0743. The number of hydrogen-bond donors (Lipinski definition) is 0. The Labute approximate surface area is 144 Å². The Morgan fingerprint density at radius 3 is 2.54 bits per heavy atom. The second kappa shape index (κ2) is 7.40. The smallest absolute Gasteiger partial charge is 0.260 e. The Balaban J connectivity index is 1.40. The summed E-state index contributed by atoms with van der Waals surface area (Å²) in [6, 6.07) is 10.5. The van der Waals surface area contributed by atoms with E-state index in [0.717, 1.165) is 5.75 Å². The summed E-state index contributed by atoms with van der Waals surface area (Å²) in [6.07, 6.45) is 1.48. The molecule has 6 nitrogen and oxygen atoms in total. The molecule has 1 aromatic heterocycles. The van der Waals surface area contributed by atoms with E-state index < -0.39 is 0 Å². The van der Waals surface area contributed by atoms with Gasteiger partial charge in [-0.1, -0.05) is 11.6 Å². The summed E-state index contributed by atoms with van der Waals surface area (Å²) in [5.41, 5.74) is 0. The molecule has 24 heavy (non-hydrogen) atoms. The van der Waals surface area contributed by atoms with Crippen LogP contribution >= 0.6 is 11.6 Å². The number of hydrogen-bond acceptors (Lipinski definition) is 5. The number of benzene rings is 1. The van der Waals surface area contributed by atoms with E-state index in [9.17, 15) is 4.79 Å². The average molecular weight is 349 g/mol. The highest BCUT2D eigenvalue weighted by atomic mass is 35.5. The second-order valence-electron chi connectivity index (χ2n) is 5.32. The van der Waals surface area contributed by atoms with Gasteiger partial charge in [0.05, 0.1) is 25.2 Å². The van der Waals surface area contributed by atoms with Gasteiger partial charge in [-0.15, -0.1) is 0 Å². The van der Waals surface area contributed by atoms with Crippen molar-refractivity contribution < 1.29 is 19.0 Å². The van der Waals surface area contributed by atoms with Crippen LogP contribution in [0.2, 0.25) is 5.02 Å². The molecular weight excluding hydrogens is 332 g/mol. The summed E-state index contributed by atoms with van der Waals surface area (Å²) in [4.78, 5) is 17.8. The minimum Gasteiger partial charge on any atom is -0.497 e. The molecule has 0 radical (unpaired) electrons. The lowest BCUT2D eigenvalue weighted by atomic mass is 10.1. The lowest BCUT2D eigenvalue weighted by molar-refractivity contribution is -0.142. The molecule has 1 aliphatic rings. The topological polar surface area (TPSA) is 60.9 Å². The first-order valence-corrected chi connectivity index (χ1v) is 7.84. The van der Waals surface area contributed by atoms with E-state index in [1.54, 1.807) is 48.4 Å². The maximum atomic E-state index is 12.1. The molecule has 3 rings (SSSR count). The van der Waals surface area contributed by atoms with Gasteiger partial charge in [0.25, 0.3) is 5.91 Å². The number of likely N-dealkylation sites (tertiary alicyclic amines) is 1. The zero-order valence-electron chi connectivity index (χ0n) is 13.1. The third-order valence-corrected chi connectivity index (χ3v) is 3.83. The molecule has 0 spiro atoms. The van der Waals surface area contributed by atoms with Gasteiger partial charge < -0.3 is 19.1 Å². The SMILES string of the molecule is COc1ccc(OCC(=O)N2CC(Oc3ccc(Cl)cn3)C2)cc1. The second-order valence-corrected chi connectivity index (χ2v) is 5.75. The molecule has 0 N–H and O–H groups in total. The summed E-state index contributed by atoms with van der Waals surface area (Å²) < 4.78 is 16.2. The number of carbonyl (C=O) groups is 1. The number of nitrogens with zero attached hydrogens (tertiary/aromatic N) is 2. The first kappa shape index (κ1) is 16.4. The molecule has 1 amide bonds. The quantitative estimate of drug-likeness (QED) is 0.802. The van der Waals surface area contributed by atoms with Gasteiger partial charge in [-0.3, -0.25) is 4.79 Å². The van der Waals surface area contributed by atoms with Crippen LogP contribution in [0.5, 0.6) is 17.4 Å². The molecule has 0 bridgehead atoms. The number of carbonyl (C=O) groups excluding carboxylic acids is 1. The van der Waals surface area contributed by atoms with Gasteiger partial charge in [0.15, 0.2) is 6.61 Å². The third-order valence-electron chi connectivity index (χ3n) is 3.61. The Hall–Kier alpha value is -2.47. The standard InChI is InChI=1S/C17H17ClN2O4/c1-22-13-3-5-14(6-4-13)23-11-17(21)20-9-15(10-20)24-16-7-2-12(18)8-19-16/h2-8,15H,9-11H2,1H3. The van der Waals surface area contributed by atoms with Crippen LogP contribution in [0, 0.1) is 0 Å². The van der Waals surface area contributed by atoms with Crippen LogP contribution in [-0.2, 0) is 4.79 Å². The Morgan fingerprint density at radius 2 is 1.92 bits per heavy atom. The number of ether oxygens (including phenoxy) is 3. The minimum absolute atomic E-state index is 0.00174. The molecule has 1 saturated heterocycles. The zero-order chi connectivity index (χ0) is 16.9. The molecule has 0 aliphatic carbocycles. The average Bonchev–Trinajstić information content (AvgIpc) is 2.57. The molecule has 7 heteroatoms. The Kier molecular flexibility index (Phi) is 5.05. The van der Waals surface area contributed by atoms with E-state index in [1.807, 2.05) is 0 Å². The highest BCUT2D eigenvalue weighted by Gasteiger charge is 2.32. The number of rotatable bonds is 6. The lowest BCUT2D eigenvalue weighted by Gasteiger charge is -2.38. The van der Waals surface area contributed by atoms with Gasteiger partial charge >= 0.3 is 0 Å². The maximum Gasteiger partial charge on any atom is 0.260 e. The van der Waals surface area contributed by atoms with E-state index in [2.05, 4.69) is 4.98 Å². The van der Waals surface area contributed by atoms with Crippen molar-refractivity contribution in [1.82, 2.24) is 9.88 Å². The molecular formula is C17H17ClN2O4. The Morgan fingerprint density at radius 1 is 1.21 bits per heavy atom. The summed E-state index contributed by atoms with van der Waals surface area (Å²) in [6.45, 7) is 1.04. The van der Waals surface area contributed by atoms with Crippen molar-refractivity contribution in [1.29, 1.82) is 0 Å². The van der Waals surface area contributed by atoms with Crippen molar-refractivity contribution >= 4 is 17.5 Å². The van der Waals surface area contributed by atoms with E-state index in [4.69, 9.17) is 25.8 Å². The number of methoxy groups -OCH3 is 1. The normalized spacial score (nSPS) is 14.0. The molecule has 2 heterocycles. The molecule has 1 fully saturated rings. The fourth-order valence-corrected chi connectivity index (χ4v) is 2.34.